The van der Waals surface area contributed by atoms with Gasteiger partial charge in [0.2, 0.25) is 5.91 Å². The monoisotopic (exact) mass is 261 g/mol. The molecule has 0 bridgehead atoms. The average molecular weight is 262 g/mol. The number of hydrogen-bond donors (Lipinski definition) is 0. The fraction of sp³-hybridized carbons (Fsp3) is 0.133. The number of anilines is 2. The normalized spacial score (nSPS) is 9.39. The summed E-state index contributed by atoms with van der Waals surface area (Å²) in [6.45, 7) is 1.88. The van der Waals surface area contributed by atoms with Crippen LogP contribution in [0.3, 0.4) is 0 Å². The number of para-hydroxylation sites is 2. The lowest BCUT2D eigenvalue weighted by Crippen LogP contribution is -2.24. The molecule has 0 aliphatic heterocycles. The van der Waals surface area contributed by atoms with Crippen molar-refractivity contribution in [3.05, 3.63) is 60.7 Å². The zero-order valence-electron chi connectivity index (χ0n) is 10.2. The van der Waals surface area contributed by atoms with Crippen molar-refractivity contribution >= 4 is 29.7 Å². The Labute approximate surface area is 114 Å². The highest BCUT2D eigenvalue weighted by atomic mass is 35.5. The second kappa shape index (κ2) is 6.82. The van der Waals surface area contributed by atoms with E-state index in [2.05, 4.69) is 0 Å². The molecule has 0 aromatic heterocycles. The van der Waals surface area contributed by atoms with E-state index in [0.29, 0.717) is 6.42 Å². The minimum atomic E-state index is 0. The second-order valence-corrected chi connectivity index (χ2v) is 3.75. The number of carbonyl (C=O) groups excluding carboxylic acids is 1. The highest BCUT2D eigenvalue weighted by molar-refractivity contribution is 6.00. The molecule has 0 fully saturated rings. The van der Waals surface area contributed by atoms with E-state index < -0.39 is 0 Å². The molecule has 0 N–H and O–H groups in total. The molecule has 0 aliphatic rings. The van der Waals surface area contributed by atoms with Crippen LogP contribution in [-0.2, 0) is 4.79 Å². The zero-order valence-corrected chi connectivity index (χ0v) is 11.1. The van der Waals surface area contributed by atoms with Gasteiger partial charge in [0.15, 0.2) is 0 Å². The van der Waals surface area contributed by atoms with E-state index in [0.717, 1.165) is 11.4 Å². The first-order valence-corrected chi connectivity index (χ1v) is 5.76. The Morgan fingerprint density at radius 3 is 1.61 bits per heavy atom. The molecule has 0 saturated carbocycles. The number of carbonyl (C=O) groups is 1. The van der Waals surface area contributed by atoms with Crippen LogP contribution in [0.5, 0.6) is 0 Å². The van der Waals surface area contributed by atoms with E-state index in [4.69, 9.17) is 0 Å². The van der Waals surface area contributed by atoms with Crippen molar-refractivity contribution in [3.8, 4) is 0 Å². The van der Waals surface area contributed by atoms with E-state index in [1.807, 2.05) is 67.6 Å². The predicted octanol–water partition coefficient (Wildman–Crippen LogP) is 4.18. The lowest BCUT2D eigenvalue weighted by Gasteiger charge is -2.22. The van der Waals surface area contributed by atoms with Crippen LogP contribution in [0.2, 0.25) is 0 Å². The Morgan fingerprint density at radius 1 is 0.889 bits per heavy atom. The molecule has 0 heterocycles. The molecule has 0 aliphatic carbocycles. The van der Waals surface area contributed by atoms with Gasteiger partial charge in [-0.3, -0.25) is 9.69 Å². The molecule has 0 spiro atoms. The van der Waals surface area contributed by atoms with Crippen molar-refractivity contribution in [3.63, 3.8) is 0 Å². The molecule has 1 amide bonds. The molecule has 2 aromatic rings. The molecule has 2 nitrogen and oxygen atoms in total. The molecule has 2 rings (SSSR count). The zero-order chi connectivity index (χ0) is 12.1. The smallest absolute Gasteiger partial charge is 0.231 e. The number of hydrogen-bond acceptors (Lipinski definition) is 1. The molecule has 3 heteroatoms. The third kappa shape index (κ3) is 3.11. The van der Waals surface area contributed by atoms with Crippen molar-refractivity contribution < 1.29 is 4.79 Å². The van der Waals surface area contributed by atoms with Crippen molar-refractivity contribution in [1.82, 2.24) is 0 Å². The molecule has 0 saturated heterocycles. The van der Waals surface area contributed by atoms with E-state index in [1.165, 1.54) is 0 Å². The molecular weight excluding hydrogens is 246 g/mol. The van der Waals surface area contributed by atoms with Gasteiger partial charge in [-0.2, -0.15) is 0 Å². The first-order valence-electron chi connectivity index (χ1n) is 5.76. The maximum absolute atomic E-state index is 12.0. The summed E-state index contributed by atoms with van der Waals surface area (Å²) < 4.78 is 0. The molecule has 0 unspecified atom stereocenters. The standard InChI is InChI=1S/C15H15NO.ClH/c1-2-15(17)16(13-9-5-3-6-10-13)14-11-7-4-8-12-14;/h3-12H,2H2,1H3;1H. The van der Waals surface area contributed by atoms with Crippen LogP contribution in [-0.4, -0.2) is 5.91 Å². The second-order valence-electron chi connectivity index (χ2n) is 3.75. The fourth-order valence-corrected chi connectivity index (χ4v) is 1.75. The summed E-state index contributed by atoms with van der Waals surface area (Å²) in [6.07, 6.45) is 0.490. The maximum Gasteiger partial charge on any atom is 0.231 e. The maximum atomic E-state index is 12.0. The van der Waals surface area contributed by atoms with Crippen LogP contribution in [0.15, 0.2) is 60.7 Å². The van der Waals surface area contributed by atoms with E-state index >= 15 is 0 Å². The first kappa shape index (κ1) is 14.3. The topological polar surface area (TPSA) is 20.3 Å². The minimum Gasteiger partial charge on any atom is -0.281 e. The SMILES string of the molecule is CCC(=O)N(c1ccccc1)c1ccccc1.Cl. The number of amides is 1. The van der Waals surface area contributed by atoms with Crippen LogP contribution in [0.25, 0.3) is 0 Å². The summed E-state index contributed by atoms with van der Waals surface area (Å²) in [6, 6.07) is 19.4. The quantitative estimate of drug-likeness (QED) is 0.812. The molecule has 0 atom stereocenters. The first-order chi connectivity index (χ1) is 8.33. The molecule has 18 heavy (non-hydrogen) atoms. The average Bonchev–Trinajstić information content (AvgIpc) is 2.41. The van der Waals surface area contributed by atoms with Crippen molar-refractivity contribution in [2.24, 2.45) is 0 Å². The van der Waals surface area contributed by atoms with Crippen LogP contribution in [0, 0.1) is 0 Å². The summed E-state index contributed by atoms with van der Waals surface area (Å²) in [5.74, 6) is 0.0994. The number of benzene rings is 2. The molecule has 94 valence electrons. The van der Waals surface area contributed by atoms with Crippen LogP contribution >= 0.6 is 12.4 Å². The lowest BCUT2D eigenvalue weighted by atomic mass is 10.2. The molecule has 0 radical (unpaired) electrons. The van der Waals surface area contributed by atoms with Crippen LogP contribution in [0.4, 0.5) is 11.4 Å². The van der Waals surface area contributed by atoms with Crippen molar-refractivity contribution in [2.45, 2.75) is 13.3 Å². The van der Waals surface area contributed by atoms with E-state index in [9.17, 15) is 4.79 Å². The number of nitrogens with zero attached hydrogens (tertiary/aromatic N) is 1. The van der Waals surface area contributed by atoms with Gasteiger partial charge in [0.05, 0.1) is 0 Å². The Balaban J connectivity index is 0.00000162. The van der Waals surface area contributed by atoms with E-state index in [1.54, 1.807) is 4.90 Å². The van der Waals surface area contributed by atoms with Gasteiger partial charge in [-0.15, -0.1) is 12.4 Å². The summed E-state index contributed by atoms with van der Waals surface area (Å²) in [4.78, 5) is 13.8. The van der Waals surface area contributed by atoms with Crippen LogP contribution < -0.4 is 4.90 Å². The van der Waals surface area contributed by atoms with Gasteiger partial charge in [-0.25, -0.2) is 0 Å². The van der Waals surface area contributed by atoms with Gasteiger partial charge in [-0.05, 0) is 24.3 Å². The Morgan fingerprint density at radius 2 is 1.28 bits per heavy atom. The lowest BCUT2D eigenvalue weighted by molar-refractivity contribution is -0.117. The summed E-state index contributed by atoms with van der Waals surface area (Å²) >= 11 is 0. The Bertz CT molecular complexity index is 445. The van der Waals surface area contributed by atoms with Crippen molar-refractivity contribution in [1.29, 1.82) is 0 Å². The Kier molecular flexibility index (Phi) is 5.40. The Hall–Kier alpha value is -1.80. The summed E-state index contributed by atoms with van der Waals surface area (Å²) in [5, 5.41) is 0. The van der Waals surface area contributed by atoms with Gasteiger partial charge < -0.3 is 0 Å². The highest BCUT2D eigenvalue weighted by Gasteiger charge is 2.15. The van der Waals surface area contributed by atoms with Gasteiger partial charge in [0.25, 0.3) is 0 Å². The number of rotatable bonds is 3. The van der Waals surface area contributed by atoms with Gasteiger partial charge in [-0.1, -0.05) is 43.3 Å². The van der Waals surface area contributed by atoms with Crippen molar-refractivity contribution in [2.75, 3.05) is 4.90 Å². The largest absolute Gasteiger partial charge is 0.281 e. The predicted molar refractivity (Wildman–Crippen MR) is 77.6 cm³/mol. The van der Waals surface area contributed by atoms with Gasteiger partial charge >= 0.3 is 0 Å². The third-order valence-corrected chi connectivity index (χ3v) is 2.58. The minimum absolute atomic E-state index is 0. The number of halogens is 1. The van der Waals surface area contributed by atoms with Gasteiger partial charge in [0.1, 0.15) is 0 Å². The fourth-order valence-electron chi connectivity index (χ4n) is 1.75. The highest BCUT2D eigenvalue weighted by Crippen LogP contribution is 2.25. The van der Waals surface area contributed by atoms with Gasteiger partial charge in [0, 0.05) is 17.8 Å². The van der Waals surface area contributed by atoms with Crippen LogP contribution in [0.1, 0.15) is 13.3 Å². The third-order valence-electron chi connectivity index (χ3n) is 2.58. The van der Waals surface area contributed by atoms with E-state index in [-0.39, 0.29) is 18.3 Å². The molecular formula is C15H16ClNO. The molecule has 2 aromatic carbocycles. The summed E-state index contributed by atoms with van der Waals surface area (Å²) in [7, 11) is 0. The summed E-state index contributed by atoms with van der Waals surface area (Å²) in [5.41, 5.74) is 1.82.